The van der Waals surface area contributed by atoms with Gasteiger partial charge in [0.15, 0.2) is 0 Å². The standard InChI is InChI=1S/C18H27N3O2/c1-14-11-20(12-15(2)23-14)13-18(22)19-16-5-7-17(8-6-16)21-9-3-4-10-21/h5-8,14-15H,3-4,9-13H2,1-2H3,(H,19,22)/t14-,15-/m1/s1. The fraction of sp³-hybridized carbons (Fsp3) is 0.611. The van der Waals surface area contributed by atoms with E-state index in [4.69, 9.17) is 4.74 Å². The maximum atomic E-state index is 12.2. The topological polar surface area (TPSA) is 44.8 Å². The van der Waals surface area contributed by atoms with Crippen molar-refractivity contribution in [2.45, 2.75) is 38.9 Å². The van der Waals surface area contributed by atoms with Crippen LogP contribution in [0.25, 0.3) is 0 Å². The number of benzene rings is 1. The Labute approximate surface area is 138 Å². The van der Waals surface area contributed by atoms with Gasteiger partial charge in [0, 0.05) is 37.6 Å². The van der Waals surface area contributed by atoms with Crippen LogP contribution in [0.5, 0.6) is 0 Å². The highest BCUT2D eigenvalue weighted by Gasteiger charge is 2.23. The van der Waals surface area contributed by atoms with E-state index in [-0.39, 0.29) is 18.1 Å². The smallest absolute Gasteiger partial charge is 0.238 e. The number of hydrogen-bond acceptors (Lipinski definition) is 4. The summed E-state index contributed by atoms with van der Waals surface area (Å²) in [4.78, 5) is 16.8. The van der Waals surface area contributed by atoms with Crippen LogP contribution in [0.2, 0.25) is 0 Å². The van der Waals surface area contributed by atoms with Gasteiger partial charge in [-0.3, -0.25) is 9.69 Å². The van der Waals surface area contributed by atoms with Crippen LogP contribution in [0, 0.1) is 0 Å². The van der Waals surface area contributed by atoms with Crippen molar-refractivity contribution < 1.29 is 9.53 Å². The lowest BCUT2D eigenvalue weighted by Gasteiger charge is -2.34. The van der Waals surface area contributed by atoms with Gasteiger partial charge in [-0.25, -0.2) is 0 Å². The molecule has 1 aromatic rings. The second-order valence-corrected chi connectivity index (χ2v) is 6.74. The molecule has 2 atom stereocenters. The Hall–Kier alpha value is -1.59. The number of amides is 1. The number of ether oxygens (including phenoxy) is 1. The van der Waals surface area contributed by atoms with Crippen molar-refractivity contribution in [3.63, 3.8) is 0 Å². The van der Waals surface area contributed by atoms with Crippen molar-refractivity contribution in [3.8, 4) is 0 Å². The SMILES string of the molecule is C[C@@H]1CN(CC(=O)Nc2ccc(N3CCCC3)cc2)C[C@@H](C)O1. The fourth-order valence-corrected chi connectivity index (χ4v) is 3.55. The molecule has 23 heavy (non-hydrogen) atoms. The molecule has 5 heteroatoms. The monoisotopic (exact) mass is 317 g/mol. The van der Waals surface area contributed by atoms with E-state index in [1.165, 1.54) is 18.5 Å². The third-order valence-electron chi connectivity index (χ3n) is 4.48. The van der Waals surface area contributed by atoms with Crippen molar-refractivity contribution in [1.82, 2.24) is 4.90 Å². The van der Waals surface area contributed by atoms with Crippen molar-refractivity contribution in [3.05, 3.63) is 24.3 Å². The lowest BCUT2D eigenvalue weighted by atomic mass is 10.2. The summed E-state index contributed by atoms with van der Waals surface area (Å²) in [5.74, 6) is 0.0419. The summed E-state index contributed by atoms with van der Waals surface area (Å²) in [6.45, 7) is 8.43. The Kier molecular flexibility index (Phi) is 5.18. The molecule has 2 aliphatic rings. The van der Waals surface area contributed by atoms with Crippen LogP contribution < -0.4 is 10.2 Å². The van der Waals surface area contributed by atoms with E-state index < -0.39 is 0 Å². The van der Waals surface area contributed by atoms with Gasteiger partial charge < -0.3 is 15.0 Å². The average molecular weight is 317 g/mol. The number of anilines is 2. The molecule has 0 radical (unpaired) electrons. The molecule has 0 unspecified atom stereocenters. The highest BCUT2D eigenvalue weighted by atomic mass is 16.5. The number of carbonyl (C=O) groups is 1. The quantitative estimate of drug-likeness (QED) is 0.926. The van der Waals surface area contributed by atoms with E-state index in [2.05, 4.69) is 41.1 Å². The molecule has 1 aromatic carbocycles. The zero-order valence-corrected chi connectivity index (χ0v) is 14.1. The molecule has 2 aliphatic heterocycles. The minimum atomic E-state index is 0.0419. The maximum absolute atomic E-state index is 12.2. The zero-order valence-electron chi connectivity index (χ0n) is 14.1. The van der Waals surface area contributed by atoms with Gasteiger partial charge in [-0.1, -0.05) is 0 Å². The Morgan fingerprint density at radius 1 is 1.13 bits per heavy atom. The van der Waals surface area contributed by atoms with Crippen molar-refractivity contribution in [1.29, 1.82) is 0 Å². The van der Waals surface area contributed by atoms with Gasteiger partial charge in [0.2, 0.25) is 5.91 Å². The molecule has 1 N–H and O–H groups in total. The molecule has 2 heterocycles. The molecule has 0 saturated carbocycles. The van der Waals surface area contributed by atoms with Gasteiger partial charge in [-0.15, -0.1) is 0 Å². The minimum Gasteiger partial charge on any atom is -0.373 e. The molecule has 126 valence electrons. The summed E-state index contributed by atoms with van der Waals surface area (Å²) in [5, 5.41) is 3.00. The van der Waals surface area contributed by atoms with Crippen molar-refractivity contribution >= 4 is 17.3 Å². The lowest BCUT2D eigenvalue weighted by Crippen LogP contribution is -2.48. The van der Waals surface area contributed by atoms with Gasteiger partial charge in [0.1, 0.15) is 0 Å². The Morgan fingerprint density at radius 2 is 1.74 bits per heavy atom. The van der Waals surface area contributed by atoms with Crippen LogP contribution in [0.4, 0.5) is 11.4 Å². The largest absolute Gasteiger partial charge is 0.373 e. The summed E-state index contributed by atoms with van der Waals surface area (Å²) in [6.07, 6.45) is 2.92. The third kappa shape index (κ3) is 4.45. The molecular formula is C18H27N3O2. The van der Waals surface area contributed by atoms with E-state index in [1.54, 1.807) is 0 Å². The minimum absolute atomic E-state index is 0.0419. The summed E-state index contributed by atoms with van der Waals surface area (Å²) in [6, 6.07) is 8.19. The van der Waals surface area contributed by atoms with Gasteiger partial charge in [-0.05, 0) is 51.0 Å². The Bertz CT molecular complexity index is 516. The van der Waals surface area contributed by atoms with Crippen LogP contribution in [0.3, 0.4) is 0 Å². The third-order valence-corrected chi connectivity index (χ3v) is 4.48. The summed E-state index contributed by atoms with van der Waals surface area (Å²) in [5.41, 5.74) is 2.11. The summed E-state index contributed by atoms with van der Waals surface area (Å²) < 4.78 is 5.70. The van der Waals surface area contributed by atoms with Gasteiger partial charge in [0.05, 0.1) is 18.8 Å². The molecule has 1 amide bonds. The number of morpholine rings is 1. The average Bonchev–Trinajstić information content (AvgIpc) is 3.01. The number of nitrogens with zero attached hydrogens (tertiary/aromatic N) is 2. The normalized spacial score (nSPS) is 25.6. The van der Waals surface area contributed by atoms with E-state index in [1.807, 2.05) is 12.1 Å². The molecule has 2 fully saturated rings. The number of hydrogen-bond donors (Lipinski definition) is 1. The van der Waals surface area contributed by atoms with Crippen LogP contribution >= 0.6 is 0 Å². The lowest BCUT2D eigenvalue weighted by molar-refractivity contribution is -0.121. The molecule has 0 aromatic heterocycles. The van der Waals surface area contributed by atoms with Crippen LogP contribution in [0.15, 0.2) is 24.3 Å². The zero-order chi connectivity index (χ0) is 16.2. The van der Waals surface area contributed by atoms with Gasteiger partial charge >= 0.3 is 0 Å². The Morgan fingerprint density at radius 3 is 2.35 bits per heavy atom. The second-order valence-electron chi connectivity index (χ2n) is 6.74. The van der Waals surface area contributed by atoms with Crippen LogP contribution in [-0.2, 0) is 9.53 Å². The van der Waals surface area contributed by atoms with Gasteiger partial charge in [0.25, 0.3) is 0 Å². The number of rotatable bonds is 4. The highest BCUT2D eigenvalue weighted by molar-refractivity contribution is 5.92. The van der Waals surface area contributed by atoms with Crippen molar-refractivity contribution in [2.75, 3.05) is 42.9 Å². The van der Waals surface area contributed by atoms with Crippen LogP contribution in [-0.4, -0.2) is 55.7 Å². The number of nitrogens with one attached hydrogen (secondary N) is 1. The predicted molar refractivity (Wildman–Crippen MR) is 93.0 cm³/mol. The van der Waals surface area contributed by atoms with E-state index in [9.17, 15) is 4.79 Å². The van der Waals surface area contributed by atoms with Crippen molar-refractivity contribution in [2.24, 2.45) is 0 Å². The molecule has 0 aliphatic carbocycles. The first-order valence-corrected chi connectivity index (χ1v) is 8.63. The van der Waals surface area contributed by atoms with Gasteiger partial charge in [-0.2, -0.15) is 0 Å². The Balaban J connectivity index is 1.51. The highest BCUT2D eigenvalue weighted by Crippen LogP contribution is 2.22. The van der Waals surface area contributed by atoms with Crippen LogP contribution in [0.1, 0.15) is 26.7 Å². The van der Waals surface area contributed by atoms with E-state index in [0.717, 1.165) is 31.9 Å². The molecule has 2 saturated heterocycles. The first-order chi connectivity index (χ1) is 11.1. The number of carbonyl (C=O) groups excluding carboxylic acids is 1. The summed E-state index contributed by atoms with van der Waals surface area (Å²) >= 11 is 0. The molecule has 5 nitrogen and oxygen atoms in total. The first-order valence-electron chi connectivity index (χ1n) is 8.63. The fourth-order valence-electron chi connectivity index (χ4n) is 3.55. The maximum Gasteiger partial charge on any atom is 0.238 e. The molecular weight excluding hydrogens is 290 g/mol. The second kappa shape index (κ2) is 7.32. The molecule has 3 rings (SSSR count). The van der Waals surface area contributed by atoms with E-state index in [0.29, 0.717) is 6.54 Å². The molecule has 0 bridgehead atoms. The molecule has 0 spiro atoms. The van der Waals surface area contributed by atoms with E-state index >= 15 is 0 Å². The first kappa shape index (κ1) is 16.3. The predicted octanol–water partition coefficient (Wildman–Crippen LogP) is 2.33. The summed E-state index contributed by atoms with van der Waals surface area (Å²) in [7, 11) is 0.